The molecule has 0 radical (unpaired) electrons. The first-order valence-electron chi connectivity index (χ1n) is 6.10. The van der Waals surface area contributed by atoms with E-state index in [1.807, 2.05) is 30.3 Å². The van der Waals surface area contributed by atoms with E-state index in [2.05, 4.69) is 10.8 Å². The lowest BCUT2D eigenvalue weighted by Gasteiger charge is -2.23. The molecule has 1 aliphatic rings. The normalized spacial score (nSPS) is 19.4. The molecular weight excluding hydrogens is 232 g/mol. The first-order chi connectivity index (χ1) is 8.84. The Kier molecular flexibility index (Phi) is 5.14. The molecule has 1 aromatic carbocycles. The number of carbonyl (C=O) groups is 1. The van der Waals surface area contributed by atoms with Gasteiger partial charge in [0, 0.05) is 19.0 Å². The minimum atomic E-state index is -0.131. The average Bonchev–Trinajstić information content (AvgIpc) is 2.41. The Hall–Kier alpha value is -1.43. The molecule has 5 heteroatoms. The Bertz CT molecular complexity index is 364. The summed E-state index contributed by atoms with van der Waals surface area (Å²) in [6.07, 6.45) is 0.370. The van der Waals surface area contributed by atoms with Crippen molar-refractivity contribution in [3.8, 4) is 0 Å². The van der Waals surface area contributed by atoms with Crippen LogP contribution in [0.4, 0.5) is 0 Å². The van der Waals surface area contributed by atoms with Gasteiger partial charge in [-0.25, -0.2) is 5.48 Å². The zero-order valence-corrected chi connectivity index (χ0v) is 10.2. The summed E-state index contributed by atoms with van der Waals surface area (Å²) in [7, 11) is 0. The number of nitrogens with one attached hydrogen (secondary N) is 2. The summed E-state index contributed by atoms with van der Waals surface area (Å²) in [6.45, 7) is 2.46. The third kappa shape index (κ3) is 4.44. The van der Waals surface area contributed by atoms with Crippen LogP contribution in [0.3, 0.4) is 0 Å². The summed E-state index contributed by atoms with van der Waals surface area (Å²) in [6, 6.07) is 9.79. The first kappa shape index (κ1) is 13.0. The minimum Gasteiger partial charge on any atom is -0.378 e. The van der Waals surface area contributed by atoms with Gasteiger partial charge in [-0.2, -0.15) is 0 Å². The van der Waals surface area contributed by atoms with Crippen LogP contribution in [0.15, 0.2) is 30.3 Å². The zero-order chi connectivity index (χ0) is 12.6. The van der Waals surface area contributed by atoms with Crippen LogP contribution in [-0.2, 0) is 21.0 Å². The third-order valence-electron chi connectivity index (χ3n) is 2.70. The fraction of sp³-hybridized carbons (Fsp3) is 0.462. The van der Waals surface area contributed by atoms with E-state index in [4.69, 9.17) is 9.57 Å². The van der Waals surface area contributed by atoms with Crippen molar-refractivity contribution in [1.82, 2.24) is 10.8 Å². The summed E-state index contributed by atoms with van der Waals surface area (Å²) >= 11 is 0. The highest BCUT2D eigenvalue weighted by molar-refractivity contribution is 5.75. The Morgan fingerprint density at radius 1 is 1.44 bits per heavy atom. The summed E-state index contributed by atoms with van der Waals surface area (Å²) in [4.78, 5) is 16.7. The van der Waals surface area contributed by atoms with Crippen LogP contribution < -0.4 is 10.8 Å². The molecule has 1 aromatic rings. The summed E-state index contributed by atoms with van der Waals surface area (Å²) in [5.74, 6) is -0.131. The summed E-state index contributed by atoms with van der Waals surface area (Å²) < 4.78 is 5.27. The lowest BCUT2D eigenvalue weighted by atomic mass is 10.2. The number of hydrogen-bond donors (Lipinski definition) is 2. The highest BCUT2D eigenvalue weighted by Crippen LogP contribution is 2.00. The SMILES string of the molecule is O=C(CC1COCCN1)NOCc1ccccc1. The van der Waals surface area contributed by atoms with Gasteiger partial charge in [-0.3, -0.25) is 9.63 Å². The smallest absolute Gasteiger partial charge is 0.245 e. The molecule has 1 amide bonds. The summed E-state index contributed by atoms with van der Waals surface area (Å²) in [5.41, 5.74) is 3.47. The van der Waals surface area contributed by atoms with Gasteiger partial charge in [0.2, 0.25) is 5.91 Å². The van der Waals surface area contributed by atoms with Crippen molar-refractivity contribution in [2.24, 2.45) is 0 Å². The number of carbonyl (C=O) groups excluding carboxylic acids is 1. The topological polar surface area (TPSA) is 59.6 Å². The molecule has 0 spiro atoms. The molecule has 1 aliphatic heterocycles. The largest absolute Gasteiger partial charge is 0.378 e. The predicted molar refractivity (Wildman–Crippen MR) is 66.6 cm³/mol. The molecule has 1 unspecified atom stereocenters. The molecule has 98 valence electrons. The molecule has 2 rings (SSSR count). The molecule has 2 N–H and O–H groups in total. The number of hydrogen-bond acceptors (Lipinski definition) is 4. The van der Waals surface area contributed by atoms with Crippen molar-refractivity contribution < 1.29 is 14.4 Å². The Labute approximate surface area is 106 Å². The van der Waals surface area contributed by atoms with E-state index < -0.39 is 0 Å². The van der Waals surface area contributed by atoms with E-state index in [1.165, 1.54) is 0 Å². The molecule has 1 heterocycles. The van der Waals surface area contributed by atoms with Gasteiger partial charge >= 0.3 is 0 Å². The molecule has 0 saturated carbocycles. The second kappa shape index (κ2) is 7.10. The van der Waals surface area contributed by atoms with Crippen LogP contribution >= 0.6 is 0 Å². The van der Waals surface area contributed by atoms with E-state index in [0.717, 1.165) is 12.1 Å². The van der Waals surface area contributed by atoms with Crippen LogP contribution in [0, 0.1) is 0 Å². The number of amides is 1. The maximum atomic E-state index is 11.6. The van der Waals surface area contributed by atoms with Gasteiger partial charge in [0.25, 0.3) is 0 Å². The predicted octanol–water partition coefficient (Wildman–Crippen LogP) is 0.613. The van der Waals surface area contributed by atoms with E-state index in [1.54, 1.807) is 0 Å². The van der Waals surface area contributed by atoms with E-state index in [-0.39, 0.29) is 11.9 Å². The Morgan fingerprint density at radius 3 is 3.00 bits per heavy atom. The van der Waals surface area contributed by atoms with Gasteiger partial charge in [0.15, 0.2) is 0 Å². The van der Waals surface area contributed by atoms with Crippen molar-refractivity contribution in [2.45, 2.75) is 19.1 Å². The fourth-order valence-corrected chi connectivity index (χ4v) is 1.79. The molecular formula is C13H18N2O3. The molecule has 1 saturated heterocycles. The molecule has 0 aliphatic carbocycles. The van der Waals surface area contributed by atoms with E-state index in [0.29, 0.717) is 26.2 Å². The number of rotatable bonds is 5. The van der Waals surface area contributed by atoms with Crippen LogP contribution in [0.2, 0.25) is 0 Å². The number of morpholine rings is 1. The van der Waals surface area contributed by atoms with Gasteiger partial charge in [-0.1, -0.05) is 30.3 Å². The molecule has 0 bridgehead atoms. The van der Waals surface area contributed by atoms with Crippen molar-refractivity contribution in [3.63, 3.8) is 0 Å². The maximum Gasteiger partial charge on any atom is 0.245 e. The molecule has 0 aromatic heterocycles. The number of benzene rings is 1. The van der Waals surface area contributed by atoms with Gasteiger partial charge in [-0.15, -0.1) is 0 Å². The van der Waals surface area contributed by atoms with Crippen molar-refractivity contribution in [1.29, 1.82) is 0 Å². The van der Waals surface area contributed by atoms with Crippen molar-refractivity contribution in [2.75, 3.05) is 19.8 Å². The van der Waals surface area contributed by atoms with Crippen LogP contribution in [0.5, 0.6) is 0 Å². The van der Waals surface area contributed by atoms with Crippen molar-refractivity contribution >= 4 is 5.91 Å². The van der Waals surface area contributed by atoms with Gasteiger partial charge < -0.3 is 10.1 Å². The highest BCUT2D eigenvalue weighted by Gasteiger charge is 2.16. The average molecular weight is 250 g/mol. The van der Waals surface area contributed by atoms with Crippen LogP contribution in [0.25, 0.3) is 0 Å². The second-order valence-electron chi connectivity index (χ2n) is 4.23. The zero-order valence-electron chi connectivity index (χ0n) is 10.2. The van der Waals surface area contributed by atoms with Crippen molar-refractivity contribution in [3.05, 3.63) is 35.9 Å². The van der Waals surface area contributed by atoms with Gasteiger partial charge in [0.05, 0.1) is 19.8 Å². The summed E-state index contributed by atoms with van der Waals surface area (Å²) in [5, 5.41) is 3.22. The molecule has 1 atom stereocenters. The molecule has 18 heavy (non-hydrogen) atoms. The monoisotopic (exact) mass is 250 g/mol. The lowest BCUT2D eigenvalue weighted by molar-refractivity contribution is -0.135. The molecule has 5 nitrogen and oxygen atoms in total. The maximum absolute atomic E-state index is 11.6. The van der Waals surface area contributed by atoms with Gasteiger partial charge in [-0.05, 0) is 5.56 Å². The van der Waals surface area contributed by atoms with Gasteiger partial charge in [0.1, 0.15) is 0 Å². The highest BCUT2D eigenvalue weighted by atomic mass is 16.6. The lowest BCUT2D eigenvalue weighted by Crippen LogP contribution is -2.44. The molecule has 1 fully saturated rings. The number of hydroxylamine groups is 1. The Balaban J connectivity index is 1.62. The minimum absolute atomic E-state index is 0.0825. The van der Waals surface area contributed by atoms with Crippen LogP contribution in [-0.4, -0.2) is 31.7 Å². The second-order valence-corrected chi connectivity index (χ2v) is 4.23. The van der Waals surface area contributed by atoms with E-state index in [9.17, 15) is 4.79 Å². The standard InChI is InChI=1S/C13H18N2O3/c16-13(8-12-10-17-7-6-14-12)15-18-9-11-4-2-1-3-5-11/h1-5,12,14H,6-10H2,(H,15,16). The fourth-order valence-electron chi connectivity index (χ4n) is 1.79. The van der Waals surface area contributed by atoms with Crippen LogP contribution in [0.1, 0.15) is 12.0 Å². The van der Waals surface area contributed by atoms with E-state index >= 15 is 0 Å². The quantitative estimate of drug-likeness (QED) is 0.752. The third-order valence-corrected chi connectivity index (χ3v) is 2.70. The number of ether oxygens (including phenoxy) is 1. The first-order valence-corrected chi connectivity index (χ1v) is 6.10. The Morgan fingerprint density at radius 2 is 2.28 bits per heavy atom.